The number of phenols is 1. The van der Waals surface area contributed by atoms with E-state index in [-0.39, 0.29) is 18.3 Å². The minimum absolute atomic E-state index is 0.00375. The van der Waals surface area contributed by atoms with Crippen LogP contribution in [0.4, 0.5) is 0 Å². The summed E-state index contributed by atoms with van der Waals surface area (Å²) >= 11 is 0. The molecule has 1 aromatic carbocycles. The second kappa shape index (κ2) is 6.02. The summed E-state index contributed by atoms with van der Waals surface area (Å²) in [4.78, 5) is 4.02. The maximum absolute atomic E-state index is 9.35. The van der Waals surface area contributed by atoms with E-state index < -0.39 is 0 Å². The van der Waals surface area contributed by atoms with Crippen molar-refractivity contribution in [1.29, 1.82) is 0 Å². The van der Waals surface area contributed by atoms with Crippen LogP contribution in [0.3, 0.4) is 0 Å². The Labute approximate surface area is 106 Å². The quantitative estimate of drug-likeness (QED) is 0.845. The Balaban J connectivity index is 1.97. The van der Waals surface area contributed by atoms with Crippen LogP contribution in [0.15, 0.2) is 48.8 Å². The average Bonchev–Trinajstić information content (AvgIpc) is 2.43. The number of aliphatic hydroxyl groups is 1. The Morgan fingerprint density at radius 1 is 1.17 bits per heavy atom. The van der Waals surface area contributed by atoms with Crippen LogP contribution in [0, 0.1) is 0 Å². The SMILES string of the molecule is OCC(COc1ccc(O)cc1)c1cccnc1. The molecule has 1 heterocycles. The summed E-state index contributed by atoms with van der Waals surface area (Å²) in [5, 5.41) is 18.5. The first-order valence-corrected chi connectivity index (χ1v) is 5.72. The topological polar surface area (TPSA) is 62.6 Å². The maximum atomic E-state index is 9.35. The average molecular weight is 245 g/mol. The molecule has 0 aliphatic carbocycles. The highest BCUT2D eigenvalue weighted by molar-refractivity contribution is 5.30. The van der Waals surface area contributed by atoms with Gasteiger partial charge in [0.25, 0.3) is 0 Å². The number of rotatable bonds is 5. The molecule has 0 saturated carbocycles. The molecule has 0 aliphatic rings. The van der Waals surface area contributed by atoms with Crippen LogP contribution in [0.25, 0.3) is 0 Å². The Morgan fingerprint density at radius 2 is 1.94 bits per heavy atom. The zero-order valence-electron chi connectivity index (χ0n) is 9.86. The van der Waals surface area contributed by atoms with Crippen LogP contribution >= 0.6 is 0 Å². The van der Waals surface area contributed by atoms with Crippen LogP contribution in [0.1, 0.15) is 11.5 Å². The first-order chi connectivity index (χ1) is 8.79. The molecule has 18 heavy (non-hydrogen) atoms. The van der Waals surface area contributed by atoms with Gasteiger partial charge in [0, 0.05) is 18.3 Å². The normalized spacial score (nSPS) is 12.1. The number of hydrogen-bond donors (Lipinski definition) is 2. The lowest BCUT2D eigenvalue weighted by atomic mass is 10.0. The predicted molar refractivity (Wildman–Crippen MR) is 67.7 cm³/mol. The van der Waals surface area contributed by atoms with E-state index in [4.69, 9.17) is 9.84 Å². The van der Waals surface area contributed by atoms with Crippen molar-refractivity contribution >= 4 is 0 Å². The molecule has 94 valence electrons. The second-order valence-electron chi connectivity index (χ2n) is 3.97. The van der Waals surface area contributed by atoms with Crippen molar-refractivity contribution in [2.75, 3.05) is 13.2 Å². The summed E-state index contributed by atoms with van der Waals surface area (Å²) in [5.41, 5.74) is 0.943. The van der Waals surface area contributed by atoms with Crippen molar-refractivity contribution in [3.63, 3.8) is 0 Å². The molecule has 0 amide bonds. The molecule has 0 spiro atoms. The van der Waals surface area contributed by atoms with Gasteiger partial charge in [0.05, 0.1) is 13.2 Å². The van der Waals surface area contributed by atoms with E-state index in [9.17, 15) is 5.11 Å². The van der Waals surface area contributed by atoms with Gasteiger partial charge >= 0.3 is 0 Å². The lowest BCUT2D eigenvalue weighted by molar-refractivity contribution is 0.205. The highest BCUT2D eigenvalue weighted by Gasteiger charge is 2.11. The van der Waals surface area contributed by atoms with Gasteiger partial charge in [-0.15, -0.1) is 0 Å². The Morgan fingerprint density at radius 3 is 2.56 bits per heavy atom. The Hall–Kier alpha value is -2.07. The molecule has 1 unspecified atom stereocenters. The van der Waals surface area contributed by atoms with Crippen molar-refractivity contribution in [2.45, 2.75) is 5.92 Å². The van der Waals surface area contributed by atoms with Crippen LogP contribution in [-0.4, -0.2) is 28.4 Å². The van der Waals surface area contributed by atoms with Crippen molar-refractivity contribution in [3.05, 3.63) is 54.4 Å². The molecule has 0 radical (unpaired) electrons. The van der Waals surface area contributed by atoms with E-state index >= 15 is 0 Å². The van der Waals surface area contributed by atoms with Gasteiger partial charge in [-0.3, -0.25) is 4.98 Å². The molecule has 0 fully saturated rings. The second-order valence-corrected chi connectivity index (χ2v) is 3.97. The summed E-state index contributed by atoms with van der Waals surface area (Å²) < 4.78 is 5.57. The molecule has 2 rings (SSSR count). The highest BCUT2D eigenvalue weighted by Crippen LogP contribution is 2.19. The fourth-order valence-electron chi connectivity index (χ4n) is 1.61. The number of ether oxygens (including phenoxy) is 1. The number of pyridine rings is 1. The lowest BCUT2D eigenvalue weighted by Gasteiger charge is -2.15. The van der Waals surface area contributed by atoms with Crippen LogP contribution in [0.2, 0.25) is 0 Å². The number of nitrogens with zero attached hydrogens (tertiary/aromatic N) is 1. The number of hydrogen-bond acceptors (Lipinski definition) is 4. The van der Waals surface area contributed by atoms with E-state index in [0.717, 1.165) is 5.56 Å². The minimum atomic E-state index is -0.104. The van der Waals surface area contributed by atoms with Crippen LogP contribution in [-0.2, 0) is 0 Å². The molecule has 0 bridgehead atoms. The van der Waals surface area contributed by atoms with Gasteiger partial charge in [0.2, 0.25) is 0 Å². The Bertz CT molecular complexity index is 470. The molecule has 1 atom stereocenters. The van der Waals surface area contributed by atoms with Crippen molar-refractivity contribution in [1.82, 2.24) is 4.98 Å². The van der Waals surface area contributed by atoms with Gasteiger partial charge in [-0.05, 0) is 35.9 Å². The predicted octanol–water partition coefficient (Wildman–Crippen LogP) is 1.94. The fraction of sp³-hybridized carbons (Fsp3) is 0.214. The third-order valence-corrected chi connectivity index (χ3v) is 2.66. The molecule has 1 aromatic heterocycles. The van der Waals surface area contributed by atoms with Crippen LogP contribution < -0.4 is 4.74 Å². The van der Waals surface area contributed by atoms with Crippen molar-refractivity contribution in [3.8, 4) is 11.5 Å². The summed E-state index contributed by atoms with van der Waals surface area (Å²) in [5.74, 6) is 0.760. The third-order valence-electron chi connectivity index (χ3n) is 2.66. The van der Waals surface area contributed by atoms with E-state index in [1.165, 1.54) is 0 Å². The van der Waals surface area contributed by atoms with E-state index in [1.807, 2.05) is 12.1 Å². The maximum Gasteiger partial charge on any atom is 0.119 e. The zero-order valence-corrected chi connectivity index (χ0v) is 9.86. The molecule has 0 saturated heterocycles. The molecular weight excluding hydrogens is 230 g/mol. The number of aliphatic hydroxyl groups excluding tert-OH is 1. The molecule has 4 nitrogen and oxygen atoms in total. The van der Waals surface area contributed by atoms with E-state index in [2.05, 4.69) is 4.98 Å². The lowest BCUT2D eigenvalue weighted by Crippen LogP contribution is -2.14. The minimum Gasteiger partial charge on any atom is -0.508 e. The van der Waals surface area contributed by atoms with Gasteiger partial charge in [-0.25, -0.2) is 0 Å². The summed E-state index contributed by atoms with van der Waals surface area (Å²) in [6.07, 6.45) is 3.42. The number of aromatic hydroxyl groups is 1. The van der Waals surface area contributed by atoms with Gasteiger partial charge in [-0.2, -0.15) is 0 Å². The first kappa shape index (κ1) is 12.4. The monoisotopic (exact) mass is 245 g/mol. The van der Waals surface area contributed by atoms with Crippen molar-refractivity contribution in [2.24, 2.45) is 0 Å². The molecule has 0 aliphatic heterocycles. The van der Waals surface area contributed by atoms with Gasteiger partial charge in [0.1, 0.15) is 11.5 Å². The Kier molecular flexibility index (Phi) is 4.15. The summed E-state index contributed by atoms with van der Waals surface area (Å²) in [6.45, 7) is 0.372. The van der Waals surface area contributed by atoms with E-state index in [0.29, 0.717) is 12.4 Å². The third kappa shape index (κ3) is 3.21. The van der Waals surface area contributed by atoms with Gasteiger partial charge in [0.15, 0.2) is 0 Å². The van der Waals surface area contributed by atoms with Gasteiger partial charge < -0.3 is 14.9 Å². The molecule has 2 aromatic rings. The molecule has 4 heteroatoms. The fourth-order valence-corrected chi connectivity index (χ4v) is 1.61. The number of aromatic nitrogens is 1. The number of phenolic OH excluding ortho intramolecular Hbond substituents is 1. The highest BCUT2D eigenvalue weighted by atomic mass is 16.5. The molecular formula is C14H15NO3. The van der Waals surface area contributed by atoms with Gasteiger partial charge in [-0.1, -0.05) is 6.07 Å². The van der Waals surface area contributed by atoms with E-state index in [1.54, 1.807) is 36.7 Å². The molecule has 2 N–H and O–H groups in total. The largest absolute Gasteiger partial charge is 0.508 e. The zero-order chi connectivity index (χ0) is 12.8. The summed E-state index contributed by atoms with van der Waals surface area (Å²) in [7, 11) is 0. The number of benzene rings is 1. The van der Waals surface area contributed by atoms with Crippen molar-refractivity contribution < 1.29 is 14.9 Å². The smallest absolute Gasteiger partial charge is 0.119 e. The standard InChI is InChI=1S/C14H15NO3/c16-9-12(11-2-1-7-15-8-11)10-18-14-5-3-13(17)4-6-14/h1-8,12,16-17H,9-10H2. The summed E-state index contributed by atoms with van der Waals surface area (Å²) in [6, 6.07) is 10.2. The van der Waals surface area contributed by atoms with Crippen LogP contribution in [0.5, 0.6) is 11.5 Å². The first-order valence-electron chi connectivity index (χ1n) is 5.72.